The molecule has 0 saturated carbocycles. The number of aryl methyl sites for hydroxylation is 3. The average molecular weight is 568 g/mol. The fourth-order valence-corrected chi connectivity index (χ4v) is 4.88. The van der Waals surface area contributed by atoms with Crippen LogP contribution >= 0.6 is 15.9 Å². The van der Waals surface area contributed by atoms with Gasteiger partial charge in [0.15, 0.2) is 0 Å². The molecular formula is C27H30BrN5O4. The molecule has 37 heavy (non-hydrogen) atoms. The lowest BCUT2D eigenvalue weighted by Gasteiger charge is -2.28. The first-order chi connectivity index (χ1) is 17.8. The summed E-state index contributed by atoms with van der Waals surface area (Å²) in [5.41, 5.74) is 7.12. The highest BCUT2D eigenvalue weighted by atomic mass is 79.9. The second kappa shape index (κ2) is 12.2. The number of hydrogen-bond acceptors (Lipinski definition) is 7. The molecule has 1 N–H and O–H groups in total. The van der Waals surface area contributed by atoms with E-state index in [0.717, 1.165) is 75.5 Å². The minimum absolute atomic E-state index is 0.258. The smallest absolute Gasteiger partial charge is 0.329 e. The van der Waals surface area contributed by atoms with Gasteiger partial charge in [-0.2, -0.15) is 0 Å². The summed E-state index contributed by atoms with van der Waals surface area (Å²) in [5, 5.41) is 20.9. The number of halogens is 1. The van der Waals surface area contributed by atoms with Crippen LogP contribution in [0.2, 0.25) is 0 Å². The number of aliphatic carboxylic acids is 1. The fraction of sp³-hybridized carbons (Fsp3) is 0.333. The van der Waals surface area contributed by atoms with Crippen molar-refractivity contribution in [1.82, 2.24) is 20.2 Å². The van der Waals surface area contributed by atoms with E-state index in [1.54, 1.807) is 17.1 Å². The third-order valence-electron chi connectivity index (χ3n) is 6.13. The van der Waals surface area contributed by atoms with Crippen LogP contribution in [0, 0.1) is 20.8 Å². The molecule has 9 nitrogen and oxygen atoms in total. The number of anilines is 2. The Hall–Kier alpha value is -3.50. The number of carboxylic acids is 1. The summed E-state index contributed by atoms with van der Waals surface area (Å²) in [6.45, 7) is 6.95. The van der Waals surface area contributed by atoms with Gasteiger partial charge in [0.1, 0.15) is 12.4 Å². The number of ether oxygens (including phenoxy) is 1. The Labute approximate surface area is 224 Å². The first-order valence-electron chi connectivity index (χ1n) is 12.1. The van der Waals surface area contributed by atoms with E-state index in [9.17, 15) is 4.79 Å². The largest absolute Gasteiger partial charge is 0.480 e. The van der Waals surface area contributed by atoms with Crippen LogP contribution in [-0.2, 0) is 9.53 Å². The van der Waals surface area contributed by atoms with E-state index in [1.807, 2.05) is 19.9 Å². The van der Waals surface area contributed by atoms with Crippen LogP contribution in [0.15, 0.2) is 57.8 Å². The maximum absolute atomic E-state index is 10.7. The number of aromatic nitrogens is 4. The summed E-state index contributed by atoms with van der Waals surface area (Å²) in [4.78, 5) is 13.0. The Morgan fingerprint density at radius 1 is 1.14 bits per heavy atom. The lowest BCUT2D eigenvalue weighted by molar-refractivity contribution is -0.142. The number of benzene rings is 2. The van der Waals surface area contributed by atoms with Crippen molar-refractivity contribution in [1.29, 1.82) is 0 Å². The highest BCUT2D eigenvalue weighted by Crippen LogP contribution is 2.37. The molecule has 0 aliphatic heterocycles. The molecule has 0 spiro atoms. The summed E-state index contributed by atoms with van der Waals surface area (Å²) < 4.78 is 13.2. The summed E-state index contributed by atoms with van der Waals surface area (Å²) in [6, 6.07) is 12.6. The molecule has 0 unspecified atom stereocenters. The monoisotopic (exact) mass is 567 g/mol. The van der Waals surface area contributed by atoms with Gasteiger partial charge in [-0.05, 0) is 91.4 Å². The lowest BCUT2D eigenvalue weighted by Crippen LogP contribution is -2.20. The fourth-order valence-electron chi connectivity index (χ4n) is 4.34. The third kappa shape index (κ3) is 6.44. The Kier molecular flexibility index (Phi) is 8.73. The third-order valence-corrected chi connectivity index (χ3v) is 6.77. The molecule has 2 aromatic heterocycles. The molecule has 0 radical (unpaired) electrons. The summed E-state index contributed by atoms with van der Waals surface area (Å²) in [6.07, 6.45) is 6.08. The van der Waals surface area contributed by atoms with Crippen LogP contribution in [0.3, 0.4) is 0 Å². The van der Waals surface area contributed by atoms with Crippen molar-refractivity contribution in [3.63, 3.8) is 0 Å². The van der Waals surface area contributed by atoms with Gasteiger partial charge in [-0.25, -0.2) is 9.48 Å². The quantitative estimate of drug-likeness (QED) is 0.207. The molecule has 0 fully saturated rings. The van der Waals surface area contributed by atoms with Gasteiger partial charge in [-0.15, -0.1) is 5.10 Å². The maximum Gasteiger partial charge on any atom is 0.329 e. The molecule has 2 aromatic carbocycles. The van der Waals surface area contributed by atoms with Crippen molar-refractivity contribution in [3.8, 4) is 16.8 Å². The zero-order chi connectivity index (χ0) is 26.4. The van der Waals surface area contributed by atoms with E-state index < -0.39 is 5.97 Å². The topological polar surface area (TPSA) is 107 Å². The van der Waals surface area contributed by atoms with Gasteiger partial charge in [0.05, 0.1) is 23.8 Å². The normalized spacial score (nSPS) is 11.1. The van der Waals surface area contributed by atoms with E-state index in [-0.39, 0.29) is 6.61 Å². The predicted molar refractivity (Wildman–Crippen MR) is 145 cm³/mol. The number of rotatable bonds is 12. The standard InChI is InChI=1S/C27H30BrN5O4/c1-18-7-8-21(27-19(2)30-37-20(27)3)15-25(18)32(12-5-4-6-14-36-17-26(34)35)22-9-10-24(23(28)16-22)33-13-11-29-31-33/h7-11,13,15-16H,4-6,12,14,17H2,1-3H3,(H,34,35). The van der Waals surface area contributed by atoms with Gasteiger partial charge >= 0.3 is 5.97 Å². The Morgan fingerprint density at radius 2 is 1.97 bits per heavy atom. The molecule has 0 bridgehead atoms. The first-order valence-corrected chi connectivity index (χ1v) is 12.9. The molecular weight excluding hydrogens is 538 g/mol. The van der Waals surface area contributed by atoms with E-state index in [4.69, 9.17) is 14.4 Å². The van der Waals surface area contributed by atoms with Crippen molar-refractivity contribution < 1.29 is 19.2 Å². The van der Waals surface area contributed by atoms with Crippen LogP contribution in [0.5, 0.6) is 0 Å². The van der Waals surface area contributed by atoms with Crippen molar-refractivity contribution in [3.05, 3.63) is 70.3 Å². The van der Waals surface area contributed by atoms with E-state index in [1.165, 1.54) is 0 Å². The molecule has 0 saturated heterocycles. The first kappa shape index (κ1) is 26.6. The number of carbonyl (C=O) groups is 1. The molecule has 10 heteroatoms. The van der Waals surface area contributed by atoms with Gasteiger partial charge in [-0.1, -0.05) is 22.5 Å². The zero-order valence-corrected chi connectivity index (χ0v) is 22.7. The van der Waals surface area contributed by atoms with Gasteiger partial charge < -0.3 is 19.3 Å². The van der Waals surface area contributed by atoms with Gasteiger partial charge in [0.2, 0.25) is 0 Å². The molecule has 0 amide bonds. The van der Waals surface area contributed by atoms with Crippen LogP contribution in [0.25, 0.3) is 16.8 Å². The van der Waals surface area contributed by atoms with Crippen LogP contribution in [0.4, 0.5) is 11.4 Å². The predicted octanol–water partition coefficient (Wildman–Crippen LogP) is 6.02. The van der Waals surface area contributed by atoms with Gasteiger partial charge in [0.25, 0.3) is 0 Å². The number of hydrogen-bond donors (Lipinski definition) is 1. The molecule has 0 atom stereocenters. The lowest BCUT2D eigenvalue weighted by atomic mass is 10.0. The summed E-state index contributed by atoms with van der Waals surface area (Å²) >= 11 is 3.71. The highest BCUT2D eigenvalue weighted by molar-refractivity contribution is 9.10. The highest BCUT2D eigenvalue weighted by Gasteiger charge is 2.18. The number of carboxylic acid groups (broad SMARTS) is 1. The second-order valence-corrected chi connectivity index (χ2v) is 9.70. The molecule has 0 aliphatic rings. The molecule has 2 heterocycles. The van der Waals surface area contributed by atoms with E-state index in [0.29, 0.717) is 6.61 Å². The molecule has 4 rings (SSSR count). The molecule has 4 aromatic rings. The Morgan fingerprint density at radius 3 is 2.65 bits per heavy atom. The second-order valence-electron chi connectivity index (χ2n) is 8.84. The Balaban J connectivity index is 1.62. The average Bonchev–Trinajstić information content (AvgIpc) is 3.51. The van der Waals surface area contributed by atoms with Crippen molar-refractivity contribution >= 4 is 33.3 Å². The van der Waals surface area contributed by atoms with Crippen LogP contribution < -0.4 is 4.90 Å². The van der Waals surface area contributed by atoms with E-state index >= 15 is 0 Å². The van der Waals surface area contributed by atoms with Crippen molar-refractivity contribution in [2.75, 3.05) is 24.7 Å². The van der Waals surface area contributed by atoms with Crippen LogP contribution in [0.1, 0.15) is 36.3 Å². The van der Waals surface area contributed by atoms with Crippen molar-refractivity contribution in [2.24, 2.45) is 0 Å². The molecule has 194 valence electrons. The molecule has 0 aliphatic carbocycles. The summed E-state index contributed by atoms with van der Waals surface area (Å²) in [5.74, 6) is -0.153. The SMILES string of the molecule is Cc1ccc(-c2c(C)noc2C)cc1N(CCCCCOCC(=O)O)c1ccc(-n2ccnn2)c(Br)c1. The minimum Gasteiger partial charge on any atom is -0.480 e. The Bertz CT molecular complexity index is 1330. The number of nitrogens with zero attached hydrogens (tertiary/aromatic N) is 5. The van der Waals surface area contributed by atoms with Gasteiger partial charge in [-0.3, -0.25) is 0 Å². The number of unbranched alkanes of at least 4 members (excludes halogenated alkanes) is 2. The van der Waals surface area contributed by atoms with Gasteiger partial charge in [0, 0.05) is 34.6 Å². The van der Waals surface area contributed by atoms with E-state index in [2.05, 4.69) is 73.6 Å². The summed E-state index contributed by atoms with van der Waals surface area (Å²) in [7, 11) is 0. The maximum atomic E-state index is 10.7. The van der Waals surface area contributed by atoms with Crippen LogP contribution in [-0.4, -0.2) is 51.0 Å². The van der Waals surface area contributed by atoms with Crippen molar-refractivity contribution in [2.45, 2.75) is 40.0 Å². The zero-order valence-electron chi connectivity index (χ0n) is 21.1. The minimum atomic E-state index is -0.945.